The van der Waals surface area contributed by atoms with Crippen LogP contribution in [0.25, 0.3) is 0 Å². The second kappa shape index (κ2) is 7.10. The van der Waals surface area contributed by atoms with Crippen molar-refractivity contribution in [2.45, 2.75) is 26.7 Å². The third-order valence-corrected chi connectivity index (χ3v) is 4.70. The third-order valence-electron chi connectivity index (χ3n) is 2.93. The van der Waals surface area contributed by atoms with E-state index in [9.17, 15) is 8.42 Å². The van der Waals surface area contributed by atoms with Crippen molar-refractivity contribution in [2.75, 3.05) is 32.7 Å². The lowest BCUT2D eigenvalue weighted by Gasteiger charge is -2.19. The number of hydrogen-bond acceptors (Lipinski definition) is 3. The Morgan fingerprint density at radius 2 is 2.12 bits per heavy atom. The fourth-order valence-electron chi connectivity index (χ4n) is 1.89. The summed E-state index contributed by atoms with van der Waals surface area (Å²) in [6.45, 7) is 7.10. The number of nitrogens with zero attached hydrogens (tertiary/aromatic N) is 1. The molecule has 0 saturated carbocycles. The fourth-order valence-corrected chi connectivity index (χ4v) is 3.11. The lowest BCUT2D eigenvalue weighted by atomic mass is 10.1. The van der Waals surface area contributed by atoms with E-state index < -0.39 is 10.2 Å². The van der Waals surface area contributed by atoms with Crippen LogP contribution in [-0.2, 0) is 10.2 Å². The second-order valence-corrected chi connectivity index (χ2v) is 5.81. The van der Waals surface area contributed by atoms with Gasteiger partial charge < -0.3 is 5.32 Å². The highest BCUT2D eigenvalue weighted by atomic mass is 32.2. The minimum absolute atomic E-state index is 0.491. The van der Waals surface area contributed by atoms with Gasteiger partial charge in [0.1, 0.15) is 0 Å². The molecular weight excluding hydrogens is 238 g/mol. The van der Waals surface area contributed by atoms with E-state index in [-0.39, 0.29) is 0 Å². The zero-order chi connectivity index (χ0) is 12.7. The third kappa shape index (κ3) is 4.75. The van der Waals surface area contributed by atoms with Crippen LogP contribution in [-0.4, -0.2) is 45.4 Å². The molecule has 0 aromatic carbocycles. The molecule has 5 nitrogen and oxygen atoms in total. The minimum Gasteiger partial charge on any atom is -0.313 e. The number of nitrogens with one attached hydrogen (secondary N) is 2. The van der Waals surface area contributed by atoms with E-state index in [2.05, 4.69) is 16.1 Å². The van der Waals surface area contributed by atoms with Crippen molar-refractivity contribution >= 4 is 10.2 Å². The first kappa shape index (κ1) is 14.6. The molecule has 100 valence electrons. The van der Waals surface area contributed by atoms with Gasteiger partial charge in [-0.1, -0.05) is 25.5 Å². The van der Waals surface area contributed by atoms with Crippen molar-refractivity contribution in [3.05, 3.63) is 11.6 Å². The highest BCUT2D eigenvalue weighted by Gasteiger charge is 2.17. The molecule has 1 aliphatic rings. The summed E-state index contributed by atoms with van der Waals surface area (Å²) in [5.41, 5.74) is 1.34. The Bertz CT molecular complexity index is 348. The molecule has 1 heterocycles. The van der Waals surface area contributed by atoms with E-state index in [4.69, 9.17) is 0 Å². The van der Waals surface area contributed by atoms with Gasteiger partial charge in [0.2, 0.25) is 0 Å². The van der Waals surface area contributed by atoms with Crippen LogP contribution in [0, 0.1) is 0 Å². The van der Waals surface area contributed by atoms with Gasteiger partial charge in [0.25, 0.3) is 10.2 Å². The van der Waals surface area contributed by atoms with Crippen molar-refractivity contribution < 1.29 is 8.42 Å². The molecule has 0 radical (unpaired) electrons. The van der Waals surface area contributed by atoms with E-state index in [1.165, 1.54) is 9.88 Å². The summed E-state index contributed by atoms with van der Waals surface area (Å²) >= 11 is 0. The number of rotatable bonds is 7. The van der Waals surface area contributed by atoms with Crippen LogP contribution in [0.2, 0.25) is 0 Å². The summed E-state index contributed by atoms with van der Waals surface area (Å²) in [5.74, 6) is 0. The quantitative estimate of drug-likeness (QED) is 0.655. The molecule has 1 aliphatic heterocycles. The molecular formula is C11H23N3O2S. The molecule has 6 heteroatoms. The van der Waals surface area contributed by atoms with E-state index in [0.717, 1.165) is 25.9 Å². The van der Waals surface area contributed by atoms with E-state index in [0.29, 0.717) is 19.6 Å². The molecule has 1 rings (SSSR count). The van der Waals surface area contributed by atoms with Crippen molar-refractivity contribution in [3.8, 4) is 0 Å². The standard InChI is InChI=1S/C11H23N3O2S/c1-3-14(4-2)17(15,16)13-10-7-11-5-8-12-9-6-11/h5,12-13H,3-4,6-10H2,1-2H3. The molecule has 0 aliphatic carbocycles. The topological polar surface area (TPSA) is 61.4 Å². The maximum atomic E-state index is 11.8. The Balaban J connectivity index is 2.36. The largest absolute Gasteiger partial charge is 0.313 e. The van der Waals surface area contributed by atoms with Crippen LogP contribution in [0.4, 0.5) is 0 Å². The SMILES string of the molecule is CCN(CC)S(=O)(=O)NCCC1=CCNCC1. The minimum atomic E-state index is -3.28. The molecule has 0 unspecified atom stereocenters. The predicted molar refractivity (Wildman–Crippen MR) is 70.0 cm³/mol. The van der Waals surface area contributed by atoms with Gasteiger partial charge in [-0.15, -0.1) is 0 Å². The van der Waals surface area contributed by atoms with Gasteiger partial charge in [0.15, 0.2) is 0 Å². The Morgan fingerprint density at radius 1 is 1.41 bits per heavy atom. The first-order valence-corrected chi connectivity index (χ1v) is 7.67. The lowest BCUT2D eigenvalue weighted by molar-refractivity contribution is 0.435. The second-order valence-electron chi connectivity index (χ2n) is 4.05. The van der Waals surface area contributed by atoms with Gasteiger partial charge >= 0.3 is 0 Å². The Kier molecular flexibility index (Phi) is 6.11. The van der Waals surface area contributed by atoms with Crippen LogP contribution in [0.15, 0.2) is 11.6 Å². The number of hydrogen-bond donors (Lipinski definition) is 2. The van der Waals surface area contributed by atoms with Gasteiger partial charge in [0, 0.05) is 26.2 Å². The summed E-state index contributed by atoms with van der Waals surface area (Å²) < 4.78 is 27.7. The average Bonchev–Trinajstić information content (AvgIpc) is 2.31. The Labute approximate surface area is 104 Å². The van der Waals surface area contributed by atoms with Crippen molar-refractivity contribution in [2.24, 2.45) is 0 Å². The van der Waals surface area contributed by atoms with Crippen LogP contribution >= 0.6 is 0 Å². The molecule has 17 heavy (non-hydrogen) atoms. The highest BCUT2D eigenvalue weighted by Crippen LogP contribution is 2.08. The molecule has 0 aromatic heterocycles. The molecule has 2 N–H and O–H groups in total. The van der Waals surface area contributed by atoms with Crippen molar-refractivity contribution in [1.29, 1.82) is 0 Å². The van der Waals surface area contributed by atoms with Crippen LogP contribution in [0.5, 0.6) is 0 Å². The van der Waals surface area contributed by atoms with Crippen molar-refractivity contribution in [1.82, 2.24) is 14.3 Å². The zero-order valence-electron chi connectivity index (χ0n) is 10.7. The molecule has 0 aromatic rings. The molecule has 0 spiro atoms. The van der Waals surface area contributed by atoms with Gasteiger partial charge in [-0.05, 0) is 19.4 Å². The van der Waals surface area contributed by atoms with Gasteiger partial charge in [-0.25, -0.2) is 4.72 Å². The van der Waals surface area contributed by atoms with Gasteiger partial charge in [0.05, 0.1) is 0 Å². The van der Waals surface area contributed by atoms with E-state index >= 15 is 0 Å². The summed E-state index contributed by atoms with van der Waals surface area (Å²) in [5, 5.41) is 3.23. The summed E-state index contributed by atoms with van der Waals surface area (Å²) in [7, 11) is -3.28. The van der Waals surface area contributed by atoms with Crippen molar-refractivity contribution in [3.63, 3.8) is 0 Å². The summed E-state index contributed by atoms with van der Waals surface area (Å²) in [4.78, 5) is 0. The molecule has 0 bridgehead atoms. The zero-order valence-corrected chi connectivity index (χ0v) is 11.5. The maximum Gasteiger partial charge on any atom is 0.279 e. The summed E-state index contributed by atoms with van der Waals surface area (Å²) in [6, 6.07) is 0. The van der Waals surface area contributed by atoms with E-state index in [1.807, 2.05) is 13.8 Å². The normalized spacial score (nSPS) is 17.2. The van der Waals surface area contributed by atoms with Gasteiger partial charge in [-0.3, -0.25) is 0 Å². The molecule has 0 saturated heterocycles. The maximum absolute atomic E-state index is 11.8. The smallest absolute Gasteiger partial charge is 0.279 e. The first-order chi connectivity index (χ1) is 8.10. The monoisotopic (exact) mass is 261 g/mol. The van der Waals surface area contributed by atoms with Gasteiger partial charge in [-0.2, -0.15) is 12.7 Å². The average molecular weight is 261 g/mol. The van der Waals surface area contributed by atoms with Crippen LogP contribution in [0.3, 0.4) is 0 Å². The molecule has 0 atom stereocenters. The Morgan fingerprint density at radius 3 is 2.65 bits per heavy atom. The molecule has 0 amide bonds. The fraction of sp³-hybridized carbons (Fsp3) is 0.818. The summed E-state index contributed by atoms with van der Waals surface area (Å²) in [6.07, 6.45) is 3.98. The molecule has 0 fully saturated rings. The van der Waals surface area contributed by atoms with Crippen LogP contribution in [0.1, 0.15) is 26.7 Å². The highest BCUT2D eigenvalue weighted by molar-refractivity contribution is 7.87. The first-order valence-electron chi connectivity index (χ1n) is 6.23. The predicted octanol–water partition coefficient (Wildman–Crippen LogP) is 0.472. The Hall–Kier alpha value is -0.430. The van der Waals surface area contributed by atoms with Crippen LogP contribution < -0.4 is 10.0 Å². The van der Waals surface area contributed by atoms with E-state index in [1.54, 1.807) is 0 Å². The lowest BCUT2D eigenvalue weighted by Crippen LogP contribution is -2.41.